The second-order valence-electron chi connectivity index (χ2n) is 4.45. The molecular formula is C15H14ClNO2. The van der Waals surface area contributed by atoms with Crippen LogP contribution in [-0.2, 0) is 0 Å². The molecule has 0 fully saturated rings. The first-order valence-electron chi connectivity index (χ1n) is 5.79. The van der Waals surface area contributed by atoms with Gasteiger partial charge in [-0.05, 0) is 35.4 Å². The second-order valence-corrected chi connectivity index (χ2v) is 4.85. The van der Waals surface area contributed by atoms with Gasteiger partial charge in [-0.2, -0.15) is 0 Å². The smallest absolute Gasteiger partial charge is 0.253 e. The van der Waals surface area contributed by atoms with Crippen LogP contribution in [0.1, 0.15) is 10.4 Å². The van der Waals surface area contributed by atoms with Gasteiger partial charge >= 0.3 is 0 Å². The van der Waals surface area contributed by atoms with Gasteiger partial charge in [-0.1, -0.05) is 29.8 Å². The molecule has 0 atom stereocenters. The highest BCUT2D eigenvalue weighted by molar-refractivity contribution is 6.32. The van der Waals surface area contributed by atoms with Gasteiger partial charge in [0, 0.05) is 19.7 Å². The first kappa shape index (κ1) is 13.4. The Balaban J connectivity index is 2.43. The van der Waals surface area contributed by atoms with Crippen molar-refractivity contribution in [3.8, 4) is 16.9 Å². The molecule has 0 bridgehead atoms. The molecule has 4 heteroatoms. The average Bonchev–Trinajstić information content (AvgIpc) is 2.41. The van der Waals surface area contributed by atoms with Crippen LogP contribution in [0.3, 0.4) is 0 Å². The van der Waals surface area contributed by atoms with E-state index in [0.717, 1.165) is 11.1 Å². The molecule has 19 heavy (non-hydrogen) atoms. The summed E-state index contributed by atoms with van der Waals surface area (Å²) in [6, 6.07) is 12.3. The number of halogens is 1. The van der Waals surface area contributed by atoms with Gasteiger partial charge in [-0.15, -0.1) is 0 Å². The molecule has 98 valence electrons. The molecule has 0 saturated carbocycles. The number of nitrogens with zero attached hydrogens (tertiary/aromatic N) is 1. The highest BCUT2D eigenvalue weighted by Gasteiger charge is 2.09. The number of aromatic hydroxyl groups is 1. The summed E-state index contributed by atoms with van der Waals surface area (Å²) in [6.45, 7) is 0. The number of hydrogen-bond acceptors (Lipinski definition) is 2. The molecular weight excluding hydrogens is 262 g/mol. The van der Waals surface area contributed by atoms with Crippen molar-refractivity contribution in [2.24, 2.45) is 0 Å². The Labute approximate surface area is 117 Å². The van der Waals surface area contributed by atoms with E-state index in [1.807, 2.05) is 18.2 Å². The van der Waals surface area contributed by atoms with Gasteiger partial charge in [-0.25, -0.2) is 0 Å². The van der Waals surface area contributed by atoms with Crippen LogP contribution in [0.5, 0.6) is 5.75 Å². The van der Waals surface area contributed by atoms with Crippen LogP contribution in [0, 0.1) is 0 Å². The number of benzene rings is 2. The third kappa shape index (κ3) is 2.88. The fourth-order valence-corrected chi connectivity index (χ4v) is 1.96. The normalized spacial score (nSPS) is 10.3. The molecule has 0 aliphatic heterocycles. The van der Waals surface area contributed by atoms with Crippen molar-refractivity contribution in [2.45, 2.75) is 0 Å². The van der Waals surface area contributed by atoms with Crippen molar-refractivity contribution in [2.75, 3.05) is 14.1 Å². The fraction of sp³-hybridized carbons (Fsp3) is 0.133. The predicted octanol–water partition coefficient (Wildman–Crippen LogP) is 3.41. The Kier molecular flexibility index (Phi) is 3.76. The highest BCUT2D eigenvalue weighted by Crippen LogP contribution is 2.29. The maximum atomic E-state index is 11.9. The van der Waals surface area contributed by atoms with E-state index in [1.54, 1.807) is 32.3 Å². The number of phenols is 1. The van der Waals surface area contributed by atoms with Crippen LogP contribution in [-0.4, -0.2) is 30.0 Å². The minimum absolute atomic E-state index is 0.0472. The molecule has 0 aliphatic rings. The molecule has 2 aromatic rings. The van der Waals surface area contributed by atoms with Crippen LogP contribution in [0.25, 0.3) is 11.1 Å². The lowest BCUT2D eigenvalue weighted by Crippen LogP contribution is -2.21. The zero-order valence-corrected chi connectivity index (χ0v) is 11.5. The molecule has 3 nitrogen and oxygen atoms in total. The molecule has 0 aliphatic carbocycles. The molecule has 2 rings (SSSR count). The van der Waals surface area contributed by atoms with E-state index in [0.29, 0.717) is 10.6 Å². The Bertz CT molecular complexity index is 623. The van der Waals surface area contributed by atoms with E-state index >= 15 is 0 Å². The standard InChI is InChI=1S/C15H14ClNO2/c1-17(2)15(19)12-5-3-4-10(8-12)11-6-7-14(18)13(16)9-11/h3-9,18H,1-2H3. The maximum absolute atomic E-state index is 11.9. The van der Waals surface area contributed by atoms with Crippen molar-refractivity contribution in [1.29, 1.82) is 0 Å². The Hall–Kier alpha value is -2.00. The first-order valence-corrected chi connectivity index (χ1v) is 6.17. The minimum Gasteiger partial charge on any atom is -0.506 e. The van der Waals surface area contributed by atoms with Crippen molar-refractivity contribution in [1.82, 2.24) is 4.90 Å². The van der Waals surface area contributed by atoms with Gasteiger partial charge in [0.25, 0.3) is 5.91 Å². The van der Waals surface area contributed by atoms with Crippen LogP contribution < -0.4 is 0 Å². The number of carbonyl (C=O) groups excluding carboxylic acids is 1. The van der Waals surface area contributed by atoms with E-state index in [4.69, 9.17) is 11.6 Å². The van der Waals surface area contributed by atoms with Gasteiger partial charge in [-0.3, -0.25) is 4.79 Å². The molecule has 1 amide bonds. The summed E-state index contributed by atoms with van der Waals surface area (Å²) in [5, 5.41) is 9.71. The lowest BCUT2D eigenvalue weighted by molar-refractivity contribution is 0.0827. The summed E-state index contributed by atoms with van der Waals surface area (Å²) in [6.07, 6.45) is 0. The zero-order valence-electron chi connectivity index (χ0n) is 10.7. The Morgan fingerprint density at radius 2 is 1.79 bits per heavy atom. The number of rotatable bonds is 2. The molecule has 2 aromatic carbocycles. The van der Waals surface area contributed by atoms with E-state index in [9.17, 15) is 9.90 Å². The van der Waals surface area contributed by atoms with Gasteiger partial charge in [0.2, 0.25) is 0 Å². The summed E-state index contributed by atoms with van der Waals surface area (Å²) in [7, 11) is 3.43. The van der Waals surface area contributed by atoms with Gasteiger partial charge in [0.1, 0.15) is 5.75 Å². The van der Waals surface area contributed by atoms with Crippen LogP contribution in [0.4, 0.5) is 0 Å². The second kappa shape index (κ2) is 5.33. The molecule has 0 heterocycles. The summed E-state index contributed by atoms with van der Waals surface area (Å²) in [5.41, 5.74) is 2.36. The van der Waals surface area contributed by atoms with E-state index < -0.39 is 0 Å². The summed E-state index contributed by atoms with van der Waals surface area (Å²) < 4.78 is 0. The van der Waals surface area contributed by atoms with Gasteiger partial charge < -0.3 is 10.0 Å². The lowest BCUT2D eigenvalue weighted by atomic mass is 10.0. The number of amides is 1. The highest BCUT2D eigenvalue weighted by atomic mass is 35.5. The monoisotopic (exact) mass is 275 g/mol. The molecule has 0 spiro atoms. The Morgan fingerprint density at radius 1 is 1.11 bits per heavy atom. The largest absolute Gasteiger partial charge is 0.506 e. The molecule has 0 unspecified atom stereocenters. The summed E-state index contributed by atoms with van der Waals surface area (Å²) in [4.78, 5) is 13.4. The predicted molar refractivity (Wildman–Crippen MR) is 76.6 cm³/mol. The Morgan fingerprint density at radius 3 is 2.42 bits per heavy atom. The van der Waals surface area contributed by atoms with Crippen LogP contribution >= 0.6 is 11.6 Å². The van der Waals surface area contributed by atoms with E-state index in [-0.39, 0.29) is 11.7 Å². The van der Waals surface area contributed by atoms with Crippen molar-refractivity contribution in [3.05, 3.63) is 53.1 Å². The zero-order chi connectivity index (χ0) is 14.0. The molecule has 1 N–H and O–H groups in total. The van der Waals surface area contributed by atoms with Crippen LogP contribution in [0.2, 0.25) is 5.02 Å². The summed E-state index contributed by atoms with van der Waals surface area (Å²) in [5.74, 6) is -0.00216. The summed E-state index contributed by atoms with van der Waals surface area (Å²) >= 11 is 5.89. The average molecular weight is 276 g/mol. The van der Waals surface area contributed by atoms with Gasteiger partial charge in [0.05, 0.1) is 5.02 Å². The minimum atomic E-state index is -0.0493. The molecule has 0 saturated heterocycles. The van der Waals surface area contributed by atoms with Gasteiger partial charge in [0.15, 0.2) is 0 Å². The molecule has 0 radical (unpaired) electrons. The topological polar surface area (TPSA) is 40.5 Å². The van der Waals surface area contributed by atoms with Crippen LogP contribution in [0.15, 0.2) is 42.5 Å². The number of phenolic OH excluding ortho intramolecular Hbond substituents is 1. The third-order valence-corrected chi connectivity index (χ3v) is 3.10. The molecule has 0 aromatic heterocycles. The maximum Gasteiger partial charge on any atom is 0.253 e. The van der Waals surface area contributed by atoms with Crippen molar-refractivity contribution in [3.63, 3.8) is 0 Å². The van der Waals surface area contributed by atoms with Crippen molar-refractivity contribution >= 4 is 17.5 Å². The van der Waals surface area contributed by atoms with E-state index in [1.165, 1.54) is 11.0 Å². The lowest BCUT2D eigenvalue weighted by Gasteiger charge is -2.11. The third-order valence-electron chi connectivity index (χ3n) is 2.80. The fourth-order valence-electron chi connectivity index (χ4n) is 1.78. The number of hydrogen-bond donors (Lipinski definition) is 1. The SMILES string of the molecule is CN(C)C(=O)c1cccc(-c2ccc(O)c(Cl)c2)c1. The first-order chi connectivity index (χ1) is 8.99. The quantitative estimate of drug-likeness (QED) is 0.912. The van der Waals surface area contributed by atoms with E-state index in [2.05, 4.69) is 0 Å². The van der Waals surface area contributed by atoms with Crippen molar-refractivity contribution < 1.29 is 9.90 Å². The number of carbonyl (C=O) groups is 1.